The average Bonchev–Trinajstić information content (AvgIpc) is 2.54. The summed E-state index contributed by atoms with van der Waals surface area (Å²) >= 11 is 11.8. The predicted octanol–water partition coefficient (Wildman–Crippen LogP) is 4.68. The van der Waals surface area contributed by atoms with E-state index in [1.807, 2.05) is 0 Å². The van der Waals surface area contributed by atoms with Gasteiger partial charge >= 0.3 is 0 Å². The van der Waals surface area contributed by atoms with Crippen molar-refractivity contribution >= 4 is 38.9 Å². The van der Waals surface area contributed by atoms with Crippen LogP contribution >= 0.6 is 23.2 Å². The van der Waals surface area contributed by atoms with Crippen molar-refractivity contribution in [2.24, 2.45) is 0 Å². The minimum absolute atomic E-state index is 0.0420. The number of anilines is 1. The van der Waals surface area contributed by atoms with Crippen LogP contribution in [-0.2, 0) is 22.9 Å². The van der Waals surface area contributed by atoms with E-state index in [1.165, 1.54) is 18.2 Å². The van der Waals surface area contributed by atoms with E-state index in [0.29, 0.717) is 5.69 Å². The van der Waals surface area contributed by atoms with E-state index in [0.717, 1.165) is 42.6 Å². The number of fused-ring (bicyclic) bond motifs is 1. The van der Waals surface area contributed by atoms with Crippen LogP contribution in [0.5, 0.6) is 5.75 Å². The predicted molar refractivity (Wildman–Crippen MR) is 96.9 cm³/mol. The van der Waals surface area contributed by atoms with Crippen LogP contribution in [0.15, 0.2) is 35.2 Å². The molecule has 0 atom stereocenters. The minimum atomic E-state index is -3.77. The molecule has 2 aromatic rings. The highest BCUT2D eigenvalue weighted by atomic mass is 35.5. The molecule has 4 nitrogen and oxygen atoms in total. The van der Waals surface area contributed by atoms with Crippen molar-refractivity contribution in [3.63, 3.8) is 0 Å². The Morgan fingerprint density at radius 1 is 1.00 bits per heavy atom. The number of halogens is 2. The first-order chi connectivity index (χ1) is 11.4. The molecule has 1 N–H and O–H groups in total. The smallest absolute Gasteiger partial charge is 0.262 e. The summed E-state index contributed by atoms with van der Waals surface area (Å²) in [5.41, 5.74) is 2.66. The van der Waals surface area contributed by atoms with Crippen molar-refractivity contribution in [2.75, 3.05) is 11.8 Å². The fraction of sp³-hybridized carbons (Fsp3) is 0.294. The molecule has 0 spiro atoms. The number of rotatable bonds is 4. The van der Waals surface area contributed by atoms with E-state index < -0.39 is 10.0 Å². The Hall–Kier alpha value is -1.43. The molecule has 0 aliphatic heterocycles. The van der Waals surface area contributed by atoms with Gasteiger partial charge in [-0.3, -0.25) is 4.72 Å². The molecule has 1 aliphatic carbocycles. The third kappa shape index (κ3) is 3.48. The maximum atomic E-state index is 12.7. The number of nitrogens with one attached hydrogen (secondary N) is 1. The van der Waals surface area contributed by atoms with E-state index >= 15 is 0 Å². The van der Waals surface area contributed by atoms with Gasteiger partial charge in [0.05, 0.1) is 17.7 Å². The Morgan fingerprint density at radius 2 is 1.62 bits per heavy atom. The molecular weight excluding hydrogens is 369 g/mol. The maximum absolute atomic E-state index is 12.7. The summed E-state index contributed by atoms with van der Waals surface area (Å²) in [6.45, 7) is 0. The van der Waals surface area contributed by atoms with Gasteiger partial charge in [-0.15, -0.1) is 0 Å². The van der Waals surface area contributed by atoms with Crippen LogP contribution in [0.1, 0.15) is 24.0 Å². The third-order valence-corrected chi connectivity index (χ3v) is 5.88. The molecule has 0 bridgehead atoms. The van der Waals surface area contributed by atoms with Gasteiger partial charge < -0.3 is 4.74 Å². The van der Waals surface area contributed by atoms with Crippen LogP contribution in [0.25, 0.3) is 0 Å². The van der Waals surface area contributed by atoms with Gasteiger partial charge in [-0.1, -0.05) is 23.2 Å². The van der Waals surface area contributed by atoms with Gasteiger partial charge in [0.15, 0.2) is 0 Å². The Bertz CT molecular complexity index is 861. The molecule has 0 radical (unpaired) electrons. The number of benzene rings is 2. The number of hydrogen-bond donors (Lipinski definition) is 1. The maximum Gasteiger partial charge on any atom is 0.262 e. The largest absolute Gasteiger partial charge is 0.496 e. The third-order valence-electron chi connectivity index (χ3n) is 4.10. The summed E-state index contributed by atoms with van der Waals surface area (Å²) in [5.74, 6) is 0.804. The molecule has 0 aromatic heterocycles. The topological polar surface area (TPSA) is 55.4 Å². The molecule has 0 fully saturated rings. The second-order valence-electron chi connectivity index (χ2n) is 5.69. The van der Waals surface area contributed by atoms with Gasteiger partial charge in [-0.05, 0) is 67.1 Å². The quantitative estimate of drug-likeness (QED) is 0.830. The van der Waals surface area contributed by atoms with E-state index in [9.17, 15) is 8.42 Å². The van der Waals surface area contributed by atoms with Crippen molar-refractivity contribution < 1.29 is 13.2 Å². The van der Waals surface area contributed by atoms with E-state index in [4.69, 9.17) is 27.9 Å². The zero-order valence-corrected chi connectivity index (χ0v) is 15.4. The molecule has 0 saturated carbocycles. The fourth-order valence-electron chi connectivity index (χ4n) is 3.01. The second-order valence-corrected chi connectivity index (χ2v) is 8.25. The molecule has 128 valence electrons. The summed E-state index contributed by atoms with van der Waals surface area (Å²) in [7, 11) is -2.14. The highest BCUT2D eigenvalue weighted by Crippen LogP contribution is 2.36. The zero-order chi connectivity index (χ0) is 17.3. The van der Waals surface area contributed by atoms with Gasteiger partial charge in [0.25, 0.3) is 10.0 Å². The Morgan fingerprint density at radius 3 is 2.25 bits per heavy atom. The standard InChI is InChI=1S/C17H17Cl2NO3S/c1-23-17-7-6-16(14-4-2-3-5-15(14)17)20-24(21,22)13-9-11(18)8-12(19)10-13/h6-10,20H,2-5H2,1H3. The van der Waals surface area contributed by atoms with Crippen LogP contribution in [-0.4, -0.2) is 15.5 Å². The van der Waals surface area contributed by atoms with Crippen LogP contribution in [0, 0.1) is 0 Å². The van der Waals surface area contributed by atoms with Crippen LogP contribution in [0.3, 0.4) is 0 Å². The van der Waals surface area contributed by atoms with Gasteiger partial charge in [0.2, 0.25) is 0 Å². The van der Waals surface area contributed by atoms with Crippen molar-refractivity contribution in [1.82, 2.24) is 0 Å². The summed E-state index contributed by atoms with van der Waals surface area (Å²) in [5, 5.41) is 0.555. The Balaban J connectivity index is 2.01. The highest BCUT2D eigenvalue weighted by Gasteiger charge is 2.22. The van der Waals surface area contributed by atoms with Crippen LogP contribution in [0.2, 0.25) is 10.0 Å². The van der Waals surface area contributed by atoms with E-state index in [1.54, 1.807) is 19.2 Å². The molecule has 3 rings (SSSR count). The lowest BCUT2D eigenvalue weighted by molar-refractivity contribution is 0.406. The summed E-state index contributed by atoms with van der Waals surface area (Å²) in [4.78, 5) is 0.0420. The van der Waals surface area contributed by atoms with Crippen LogP contribution < -0.4 is 9.46 Å². The molecule has 24 heavy (non-hydrogen) atoms. The van der Waals surface area contributed by atoms with E-state index in [2.05, 4.69) is 4.72 Å². The minimum Gasteiger partial charge on any atom is -0.496 e. The molecule has 0 unspecified atom stereocenters. The van der Waals surface area contributed by atoms with E-state index in [-0.39, 0.29) is 14.9 Å². The van der Waals surface area contributed by atoms with Gasteiger partial charge in [-0.2, -0.15) is 0 Å². The highest BCUT2D eigenvalue weighted by molar-refractivity contribution is 7.92. The molecule has 0 saturated heterocycles. The molecule has 2 aromatic carbocycles. The number of sulfonamides is 1. The lowest BCUT2D eigenvalue weighted by Crippen LogP contribution is -2.16. The lowest BCUT2D eigenvalue weighted by Gasteiger charge is -2.22. The number of ether oxygens (including phenoxy) is 1. The van der Waals surface area contributed by atoms with Gasteiger partial charge in [-0.25, -0.2) is 8.42 Å². The second kappa shape index (κ2) is 6.82. The van der Waals surface area contributed by atoms with Crippen molar-refractivity contribution in [3.05, 3.63) is 51.5 Å². The van der Waals surface area contributed by atoms with Gasteiger partial charge in [0, 0.05) is 10.0 Å². The molecule has 0 amide bonds. The molecular formula is C17H17Cl2NO3S. The average molecular weight is 386 g/mol. The number of methoxy groups -OCH3 is 1. The van der Waals surface area contributed by atoms with Crippen LogP contribution in [0.4, 0.5) is 5.69 Å². The van der Waals surface area contributed by atoms with Crippen molar-refractivity contribution in [3.8, 4) is 5.75 Å². The molecule has 0 heterocycles. The van der Waals surface area contributed by atoms with Crippen molar-refractivity contribution in [2.45, 2.75) is 30.6 Å². The Labute approximate surface area is 151 Å². The first kappa shape index (κ1) is 17.4. The molecule has 7 heteroatoms. The Kier molecular flexibility index (Phi) is 4.95. The fourth-order valence-corrected chi connectivity index (χ4v) is 4.83. The summed E-state index contributed by atoms with van der Waals surface area (Å²) < 4.78 is 33.4. The lowest BCUT2D eigenvalue weighted by atomic mass is 9.90. The summed E-state index contributed by atoms with van der Waals surface area (Å²) in [6.07, 6.45) is 3.80. The SMILES string of the molecule is COc1ccc(NS(=O)(=O)c2cc(Cl)cc(Cl)c2)c2c1CCCC2. The van der Waals surface area contributed by atoms with Crippen molar-refractivity contribution in [1.29, 1.82) is 0 Å². The zero-order valence-electron chi connectivity index (χ0n) is 13.1. The first-order valence-corrected chi connectivity index (χ1v) is 9.82. The van der Waals surface area contributed by atoms with Gasteiger partial charge in [0.1, 0.15) is 5.75 Å². The normalized spacial score (nSPS) is 14.1. The summed E-state index contributed by atoms with van der Waals surface area (Å²) in [6, 6.07) is 7.80. The molecule has 1 aliphatic rings. The monoisotopic (exact) mass is 385 g/mol. The number of hydrogen-bond acceptors (Lipinski definition) is 3. The first-order valence-electron chi connectivity index (χ1n) is 7.58.